The standard InChI is InChI=1S/C14H23N3O2/c1-5-7-8-16-10(6-2)9-11(15)12-17-14(3,4)13(18)19-12/h6,8,11H,5,7,9,15H2,1-4H3/b10-6-,16-8?. The van der Waals surface area contributed by atoms with Gasteiger partial charge in [-0.05, 0) is 27.2 Å². The van der Waals surface area contributed by atoms with Crippen LogP contribution in [0.25, 0.3) is 0 Å². The second kappa shape index (κ2) is 6.61. The summed E-state index contributed by atoms with van der Waals surface area (Å²) in [5.74, 6) is -0.0468. The average molecular weight is 265 g/mol. The second-order valence-electron chi connectivity index (χ2n) is 5.09. The van der Waals surface area contributed by atoms with Gasteiger partial charge < -0.3 is 10.5 Å². The predicted octanol–water partition coefficient (Wildman–Crippen LogP) is 2.21. The van der Waals surface area contributed by atoms with E-state index in [2.05, 4.69) is 16.9 Å². The summed E-state index contributed by atoms with van der Waals surface area (Å²) in [6, 6.07) is -0.435. The molecule has 5 heteroatoms. The van der Waals surface area contributed by atoms with Crippen LogP contribution in [0.5, 0.6) is 0 Å². The second-order valence-corrected chi connectivity index (χ2v) is 5.09. The van der Waals surface area contributed by atoms with Crippen molar-refractivity contribution in [3.63, 3.8) is 0 Å². The van der Waals surface area contributed by atoms with E-state index in [0.29, 0.717) is 12.3 Å². The molecule has 106 valence electrons. The van der Waals surface area contributed by atoms with E-state index in [1.165, 1.54) is 0 Å². The fourth-order valence-electron chi connectivity index (χ4n) is 1.59. The Morgan fingerprint density at radius 2 is 2.26 bits per heavy atom. The summed E-state index contributed by atoms with van der Waals surface area (Å²) >= 11 is 0. The first-order chi connectivity index (χ1) is 8.90. The lowest BCUT2D eigenvalue weighted by Crippen LogP contribution is -2.31. The van der Waals surface area contributed by atoms with Crippen molar-refractivity contribution < 1.29 is 9.53 Å². The molecule has 0 spiro atoms. The normalized spacial score (nSPS) is 20.6. The molecule has 2 N–H and O–H groups in total. The van der Waals surface area contributed by atoms with Crippen LogP contribution in [0.4, 0.5) is 0 Å². The molecular formula is C14H23N3O2. The first-order valence-corrected chi connectivity index (χ1v) is 6.66. The molecule has 1 atom stereocenters. The van der Waals surface area contributed by atoms with Gasteiger partial charge >= 0.3 is 5.97 Å². The lowest BCUT2D eigenvalue weighted by Gasteiger charge is -2.10. The summed E-state index contributed by atoms with van der Waals surface area (Å²) < 4.78 is 5.12. The molecule has 19 heavy (non-hydrogen) atoms. The Labute approximate surface area is 114 Å². The van der Waals surface area contributed by atoms with E-state index in [1.807, 2.05) is 19.2 Å². The highest BCUT2D eigenvalue weighted by atomic mass is 16.6. The van der Waals surface area contributed by atoms with E-state index < -0.39 is 11.6 Å². The van der Waals surface area contributed by atoms with Gasteiger partial charge in [-0.2, -0.15) is 0 Å². The zero-order valence-electron chi connectivity index (χ0n) is 12.1. The van der Waals surface area contributed by atoms with Crippen LogP contribution in [0.2, 0.25) is 0 Å². The zero-order chi connectivity index (χ0) is 14.5. The molecule has 0 aromatic rings. The zero-order valence-corrected chi connectivity index (χ0v) is 12.1. The molecule has 0 aliphatic carbocycles. The molecule has 0 amide bonds. The molecule has 0 aromatic carbocycles. The summed E-state index contributed by atoms with van der Waals surface area (Å²) in [4.78, 5) is 20.1. The summed E-state index contributed by atoms with van der Waals surface area (Å²) in [5.41, 5.74) is 6.07. The van der Waals surface area contributed by atoms with Crippen LogP contribution in [0.1, 0.15) is 47.0 Å². The van der Waals surface area contributed by atoms with Gasteiger partial charge in [0.1, 0.15) is 0 Å². The highest BCUT2D eigenvalue weighted by molar-refractivity contribution is 6.01. The van der Waals surface area contributed by atoms with Gasteiger partial charge in [0.05, 0.1) is 6.04 Å². The van der Waals surface area contributed by atoms with Crippen molar-refractivity contribution in [2.45, 2.75) is 58.5 Å². The Balaban J connectivity index is 2.65. The minimum Gasteiger partial charge on any atom is -0.408 e. The number of allylic oxidation sites excluding steroid dienone is 1. The van der Waals surface area contributed by atoms with Crippen molar-refractivity contribution in [1.29, 1.82) is 0 Å². The summed E-state index contributed by atoms with van der Waals surface area (Å²) in [6.07, 6.45) is 6.31. The quantitative estimate of drug-likeness (QED) is 0.591. The Morgan fingerprint density at radius 1 is 1.58 bits per heavy atom. The van der Waals surface area contributed by atoms with Crippen LogP contribution in [-0.4, -0.2) is 29.7 Å². The molecule has 1 aliphatic heterocycles. The smallest absolute Gasteiger partial charge is 0.340 e. The minimum absolute atomic E-state index is 0.306. The minimum atomic E-state index is -0.825. The van der Waals surface area contributed by atoms with Gasteiger partial charge in [0.2, 0.25) is 5.90 Å². The first-order valence-electron chi connectivity index (χ1n) is 6.66. The van der Waals surface area contributed by atoms with Gasteiger partial charge in [-0.15, -0.1) is 0 Å². The number of cyclic esters (lactones) is 1. The van der Waals surface area contributed by atoms with Gasteiger partial charge in [-0.25, -0.2) is 9.79 Å². The number of esters is 1. The van der Waals surface area contributed by atoms with Crippen molar-refractivity contribution in [2.24, 2.45) is 15.7 Å². The molecule has 0 radical (unpaired) electrons. The molecule has 0 fully saturated rings. The molecule has 1 aliphatic rings. The highest BCUT2D eigenvalue weighted by Crippen LogP contribution is 2.21. The van der Waals surface area contributed by atoms with Crippen LogP contribution >= 0.6 is 0 Å². The lowest BCUT2D eigenvalue weighted by atomic mass is 10.1. The van der Waals surface area contributed by atoms with Gasteiger partial charge in [0, 0.05) is 18.3 Å². The SMILES string of the molecule is C/C=C(/CC(N)C1=NC(C)(C)C(=O)O1)N=CCCC. The van der Waals surface area contributed by atoms with Crippen LogP contribution in [0.15, 0.2) is 21.8 Å². The predicted molar refractivity (Wildman–Crippen MR) is 77.4 cm³/mol. The molecule has 0 bridgehead atoms. The Hall–Kier alpha value is -1.49. The molecule has 1 rings (SSSR count). The third-order valence-electron chi connectivity index (χ3n) is 2.84. The number of carbonyl (C=O) groups excluding carboxylic acids is 1. The van der Waals surface area contributed by atoms with E-state index >= 15 is 0 Å². The van der Waals surface area contributed by atoms with Gasteiger partial charge in [-0.1, -0.05) is 19.4 Å². The number of nitrogens with two attached hydrogens (primary N) is 1. The van der Waals surface area contributed by atoms with Crippen molar-refractivity contribution >= 4 is 18.1 Å². The largest absolute Gasteiger partial charge is 0.408 e. The summed E-state index contributed by atoms with van der Waals surface area (Å²) in [6.45, 7) is 7.44. The number of unbranched alkanes of at least 4 members (excludes halogenated alkanes) is 1. The van der Waals surface area contributed by atoms with Gasteiger partial charge in [0.15, 0.2) is 5.54 Å². The molecule has 0 saturated heterocycles. The molecule has 0 saturated carbocycles. The van der Waals surface area contributed by atoms with Crippen molar-refractivity contribution in [1.82, 2.24) is 0 Å². The number of hydrogen-bond acceptors (Lipinski definition) is 5. The third-order valence-corrected chi connectivity index (χ3v) is 2.84. The number of nitrogens with zero attached hydrogens (tertiary/aromatic N) is 2. The molecular weight excluding hydrogens is 242 g/mol. The fourth-order valence-corrected chi connectivity index (χ4v) is 1.59. The van der Waals surface area contributed by atoms with Crippen LogP contribution in [0, 0.1) is 0 Å². The topological polar surface area (TPSA) is 77.0 Å². The number of hydrogen-bond donors (Lipinski definition) is 1. The maximum atomic E-state index is 11.5. The molecule has 1 unspecified atom stereocenters. The number of rotatable bonds is 6. The van der Waals surface area contributed by atoms with E-state index in [-0.39, 0.29) is 5.97 Å². The first kappa shape index (κ1) is 15.6. The van der Waals surface area contributed by atoms with E-state index in [9.17, 15) is 4.79 Å². The monoisotopic (exact) mass is 265 g/mol. The number of ether oxygens (including phenoxy) is 1. The maximum Gasteiger partial charge on any atom is 0.340 e. The number of aliphatic imine (C=N–C) groups is 2. The van der Waals surface area contributed by atoms with E-state index in [1.54, 1.807) is 13.8 Å². The summed E-state index contributed by atoms with van der Waals surface area (Å²) in [5, 5.41) is 0. The Kier molecular flexibility index (Phi) is 5.42. The van der Waals surface area contributed by atoms with E-state index in [4.69, 9.17) is 10.5 Å². The maximum absolute atomic E-state index is 11.5. The van der Waals surface area contributed by atoms with Crippen LogP contribution < -0.4 is 5.73 Å². The van der Waals surface area contributed by atoms with Crippen LogP contribution in [0.3, 0.4) is 0 Å². The van der Waals surface area contributed by atoms with Gasteiger partial charge in [-0.3, -0.25) is 4.99 Å². The fraction of sp³-hybridized carbons (Fsp3) is 0.643. The lowest BCUT2D eigenvalue weighted by molar-refractivity contribution is -0.138. The van der Waals surface area contributed by atoms with Crippen molar-refractivity contribution in [3.8, 4) is 0 Å². The number of carbonyl (C=O) groups is 1. The van der Waals surface area contributed by atoms with E-state index in [0.717, 1.165) is 18.5 Å². The average Bonchev–Trinajstić information content (AvgIpc) is 2.63. The Morgan fingerprint density at radius 3 is 2.74 bits per heavy atom. The highest BCUT2D eigenvalue weighted by Gasteiger charge is 2.38. The van der Waals surface area contributed by atoms with Gasteiger partial charge in [0.25, 0.3) is 0 Å². The molecule has 0 aromatic heterocycles. The van der Waals surface area contributed by atoms with Crippen molar-refractivity contribution in [2.75, 3.05) is 0 Å². The van der Waals surface area contributed by atoms with Crippen LogP contribution in [-0.2, 0) is 9.53 Å². The Bertz CT molecular complexity index is 422. The summed E-state index contributed by atoms with van der Waals surface area (Å²) in [7, 11) is 0. The molecule has 5 nitrogen and oxygen atoms in total. The third kappa shape index (κ3) is 4.28. The van der Waals surface area contributed by atoms with Crippen molar-refractivity contribution in [3.05, 3.63) is 11.8 Å². The molecule has 1 heterocycles.